The Balaban J connectivity index is 1.66. The van der Waals surface area contributed by atoms with E-state index >= 15 is 0 Å². The van der Waals surface area contributed by atoms with Crippen LogP contribution in [-0.2, 0) is 0 Å². The molecular weight excluding hydrogens is 360 g/mol. The summed E-state index contributed by atoms with van der Waals surface area (Å²) >= 11 is 0. The lowest BCUT2D eigenvalue weighted by atomic mass is 9.96. The number of rotatable bonds is 5. The molecular formula is C21H21F2N5. The molecule has 28 heavy (non-hydrogen) atoms. The van der Waals surface area contributed by atoms with Crippen LogP contribution in [0.2, 0.25) is 0 Å². The van der Waals surface area contributed by atoms with Gasteiger partial charge in [-0.1, -0.05) is 25.3 Å². The zero-order chi connectivity index (χ0) is 19.3. The number of pyridine rings is 1. The molecule has 0 unspecified atom stereocenters. The fourth-order valence-electron chi connectivity index (χ4n) is 3.38. The third-order valence-electron chi connectivity index (χ3n) is 4.79. The van der Waals surface area contributed by atoms with E-state index in [0.29, 0.717) is 29.2 Å². The molecule has 2 aromatic heterocycles. The van der Waals surface area contributed by atoms with Crippen molar-refractivity contribution in [2.75, 3.05) is 10.6 Å². The molecule has 4 rings (SSSR count). The van der Waals surface area contributed by atoms with Gasteiger partial charge >= 0.3 is 0 Å². The summed E-state index contributed by atoms with van der Waals surface area (Å²) in [6, 6.07) is 11.0. The zero-order valence-corrected chi connectivity index (χ0v) is 15.3. The summed E-state index contributed by atoms with van der Waals surface area (Å²) < 4.78 is 27.2. The number of nitrogens with zero attached hydrogens (tertiary/aromatic N) is 3. The van der Waals surface area contributed by atoms with E-state index in [4.69, 9.17) is 0 Å². The highest BCUT2D eigenvalue weighted by Gasteiger charge is 2.16. The minimum atomic E-state index is -0.681. The first kappa shape index (κ1) is 18.3. The third kappa shape index (κ3) is 4.42. The average Bonchev–Trinajstić information content (AvgIpc) is 2.71. The lowest BCUT2D eigenvalue weighted by Crippen LogP contribution is -2.23. The monoisotopic (exact) mass is 381 g/mol. The minimum absolute atomic E-state index is 0.149. The molecule has 0 radical (unpaired) electrons. The largest absolute Gasteiger partial charge is 0.351 e. The first-order valence-corrected chi connectivity index (χ1v) is 9.46. The molecule has 7 heteroatoms. The van der Waals surface area contributed by atoms with Crippen molar-refractivity contribution in [1.82, 2.24) is 15.0 Å². The van der Waals surface area contributed by atoms with Gasteiger partial charge in [0.15, 0.2) is 0 Å². The summed E-state index contributed by atoms with van der Waals surface area (Å²) in [5, 5.41) is 6.32. The minimum Gasteiger partial charge on any atom is -0.351 e. The molecule has 0 bridgehead atoms. The second-order valence-corrected chi connectivity index (χ2v) is 6.91. The number of halogens is 2. The maximum atomic E-state index is 14.1. The molecule has 2 N–H and O–H groups in total. The second-order valence-electron chi connectivity index (χ2n) is 6.91. The molecule has 0 spiro atoms. The van der Waals surface area contributed by atoms with Crippen LogP contribution in [0.3, 0.4) is 0 Å². The van der Waals surface area contributed by atoms with Crippen molar-refractivity contribution in [1.29, 1.82) is 0 Å². The summed E-state index contributed by atoms with van der Waals surface area (Å²) in [4.78, 5) is 13.4. The van der Waals surface area contributed by atoms with E-state index in [2.05, 4.69) is 25.6 Å². The molecule has 144 valence electrons. The van der Waals surface area contributed by atoms with Crippen molar-refractivity contribution in [3.63, 3.8) is 0 Å². The Hall–Kier alpha value is -3.09. The average molecular weight is 381 g/mol. The quantitative estimate of drug-likeness (QED) is 0.627. The maximum absolute atomic E-state index is 14.1. The third-order valence-corrected chi connectivity index (χ3v) is 4.79. The van der Waals surface area contributed by atoms with Crippen LogP contribution in [0.15, 0.2) is 48.7 Å². The number of hydrogen-bond donors (Lipinski definition) is 2. The van der Waals surface area contributed by atoms with Crippen LogP contribution in [0, 0.1) is 11.6 Å². The fourth-order valence-corrected chi connectivity index (χ4v) is 3.38. The van der Waals surface area contributed by atoms with E-state index in [0.717, 1.165) is 18.9 Å². The smallest absolute Gasteiger partial charge is 0.225 e. The number of hydrogen-bond acceptors (Lipinski definition) is 5. The molecule has 0 atom stereocenters. The summed E-state index contributed by atoms with van der Waals surface area (Å²) in [6.07, 6.45) is 7.47. The van der Waals surface area contributed by atoms with Gasteiger partial charge in [0.25, 0.3) is 0 Å². The van der Waals surface area contributed by atoms with Crippen LogP contribution >= 0.6 is 0 Å². The Bertz CT molecular complexity index is 943. The van der Waals surface area contributed by atoms with Gasteiger partial charge in [-0.2, -0.15) is 4.98 Å². The maximum Gasteiger partial charge on any atom is 0.225 e. The number of anilines is 3. The highest BCUT2D eigenvalue weighted by molar-refractivity contribution is 5.65. The van der Waals surface area contributed by atoms with Gasteiger partial charge in [0.05, 0.1) is 17.1 Å². The van der Waals surface area contributed by atoms with E-state index in [1.54, 1.807) is 12.3 Å². The Labute approximate surface area is 162 Å². The van der Waals surface area contributed by atoms with E-state index in [9.17, 15) is 8.78 Å². The normalized spacial score (nSPS) is 14.6. The Morgan fingerprint density at radius 3 is 2.50 bits per heavy atom. The van der Waals surface area contributed by atoms with Crippen LogP contribution < -0.4 is 10.6 Å². The van der Waals surface area contributed by atoms with Crippen molar-refractivity contribution in [2.45, 2.75) is 38.1 Å². The van der Waals surface area contributed by atoms with Gasteiger partial charge in [0, 0.05) is 24.4 Å². The summed E-state index contributed by atoms with van der Waals surface area (Å²) in [5.41, 5.74) is 1.47. The molecule has 5 nitrogen and oxygen atoms in total. The molecule has 1 aliphatic carbocycles. The molecule has 0 amide bonds. The summed E-state index contributed by atoms with van der Waals surface area (Å²) in [6.45, 7) is 0. The Morgan fingerprint density at radius 1 is 0.893 bits per heavy atom. The van der Waals surface area contributed by atoms with Gasteiger partial charge in [0.1, 0.15) is 17.5 Å². The van der Waals surface area contributed by atoms with Crippen LogP contribution in [0.1, 0.15) is 32.1 Å². The summed E-state index contributed by atoms with van der Waals surface area (Å²) in [7, 11) is 0. The van der Waals surface area contributed by atoms with Gasteiger partial charge in [-0.25, -0.2) is 13.8 Å². The van der Waals surface area contributed by atoms with E-state index in [-0.39, 0.29) is 5.69 Å². The van der Waals surface area contributed by atoms with Crippen LogP contribution in [0.25, 0.3) is 11.4 Å². The van der Waals surface area contributed by atoms with Gasteiger partial charge in [0.2, 0.25) is 5.95 Å². The van der Waals surface area contributed by atoms with Crippen molar-refractivity contribution >= 4 is 17.5 Å². The van der Waals surface area contributed by atoms with Crippen molar-refractivity contribution < 1.29 is 8.78 Å². The van der Waals surface area contributed by atoms with Crippen LogP contribution in [0.5, 0.6) is 0 Å². The Kier molecular flexibility index (Phi) is 5.41. The SMILES string of the molecule is Fc1ccc(Nc2cc(-c3ccccn3)nc(NC3CCCCC3)n2)c(F)c1. The predicted molar refractivity (Wildman–Crippen MR) is 105 cm³/mol. The molecule has 1 fully saturated rings. The number of benzene rings is 1. The molecule has 1 aliphatic rings. The van der Waals surface area contributed by atoms with E-state index in [1.807, 2.05) is 18.2 Å². The second kappa shape index (κ2) is 8.29. The Morgan fingerprint density at radius 2 is 1.75 bits per heavy atom. The fraction of sp³-hybridized carbons (Fsp3) is 0.286. The molecule has 3 aromatic rings. The van der Waals surface area contributed by atoms with Crippen molar-refractivity contribution in [2.24, 2.45) is 0 Å². The van der Waals surface area contributed by atoms with Gasteiger partial charge in [-0.15, -0.1) is 0 Å². The number of aromatic nitrogens is 3. The predicted octanol–water partition coefficient (Wildman–Crippen LogP) is 5.31. The van der Waals surface area contributed by atoms with E-state index in [1.165, 1.54) is 31.4 Å². The first-order valence-electron chi connectivity index (χ1n) is 9.46. The van der Waals surface area contributed by atoms with E-state index < -0.39 is 11.6 Å². The van der Waals surface area contributed by atoms with Crippen LogP contribution in [-0.4, -0.2) is 21.0 Å². The number of nitrogens with one attached hydrogen (secondary N) is 2. The zero-order valence-electron chi connectivity index (χ0n) is 15.3. The lowest BCUT2D eigenvalue weighted by molar-refractivity contribution is 0.461. The molecule has 0 aliphatic heterocycles. The first-order chi connectivity index (χ1) is 13.7. The lowest BCUT2D eigenvalue weighted by Gasteiger charge is -2.23. The molecule has 1 saturated carbocycles. The summed E-state index contributed by atoms with van der Waals surface area (Å²) in [5.74, 6) is -0.418. The highest BCUT2D eigenvalue weighted by Crippen LogP contribution is 2.26. The standard InChI is InChI=1S/C21H21F2N5/c22-14-9-10-17(16(23)12-14)26-20-13-19(18-8-4-5-11-24-18)27-21(28-20)25-15-6-2-1-3-7-15/h4-5,8-13,15H,1-3,6-7H2,(H2,25,26,27,28). The highest BCUT2D eigenvalue weighted by atomic mass is 19.1. The molecule has 0 saturated heterocycles. The topological polar surface area (TPSA) is 62.7 Å². The van der Waals surface area contributed by atoms with Crippen molar-refractivity contribution in [3.05, 3.63) is 60.3 Å². The van der Waals surface area contributed by atoms with Crippen molar-refractivity contribution in [3.8, 4) is 11.4 Å². The molecule has 2 heterocycles. The van der Waals surface area contributed by atoms with Gasteiger partial charge in [-0.05, 0) is 37.1 Å². The molecule has 1 aromatic carbocycles. The van der Waals surface area contributed by atoms with Gasteiger partial charge in [-0.3, -0.25) is 4.98 Å². The van der Waals surface area contributed by atoms with Gasteiger partial charge < -0.3 is 10.6 Å². The van der Waals surface area contributed by atoms with Crippen LogP contribution in [0.4, 0.5) is 26.2 Å².